The molecule has 0 N–H and O–H groups in total. The largest absolute Gasteiger partial charge is 0.493 e. The Morgan fingerprint density at radius 1 is 0.917 bits per heavy atom. The first-order chi connectivity index (χ1) is 17.6. The molecule has 0 saturated heterocycles. The Balaban J connectivity index is 1.35. The molecule has 0 bridgehead atoms. The van der Waals surface area contributed by atoms with Gasteiger partial charge in [-0.25, -0.2) is 4.79 Å². The minimum atomic E-state index is -0.495. The Hall–Kier alpha value is -4.78. The first kappa shape index (κ1) is 23.0. The summed E-state index contributed by atoms with van der Waals surface area (Å²) in [4.78, 5) is 16.4. The quantitative estimate of drug-likeness (QED) is 0.184. The van der Waals surface area contributed by atoms with Crippen molar-refractivity contribution in [2.75, 3.05) is 14.2 Å². The zero-order chi connectivity index (χ0) is 24.9. The molecule has 7 nitrogen and oxygen atoms in total. The van der Waals surface area contributed by atoms with Crippen LogP contribution >= 0.6 is 0 Å². The van der Waals surface area contributed by atoms with Gasteiger partial charge in [0, 0.05) is 28.9 Å². The number of aliphatic imine (C=N–C) groups is 1. The van der Waals surface area contributed by atoms with Crippen LogP contribution < -0.4 is 9.47 Å². The molecule has 2 heterocycles. The molecule has 0 spiro atoms. The van der Waals surface area contributed by atoms with E-state index in [1.807, 2.05) is 79.1 Å². The van der Waals surface area contributed by atoms with Crippen LogP contribution in [-0.2, 0) is 11.3 Å². The molecule has 5 rings (SSSR count). The minimum Gasteiger partial charge on any atom is -0.493 e. The first-order valence-corrected chi connectivity index (χ1v) is 11.3. The number of ether oxygens (including phenoxy) is 3. The van der Waals surface area contributed by atoms with Crippen molar-refractivity contribution in [3.8, 4) is 17.2 Å². The number of methoxy groups -OCH3 is 2. The molecule has 0 amide bonds. The number of carbonyl (C=O) groups is 1. The van der Waals surface area contributed by atoms with Gasteiger partial charge in [-0.1, -0.05) is 30.3 Å². The highest BCUT2D eigenvalue weighted by Gasteiger charge is 2.13. The third-order valence-corrected chi connectivity index (χ3v) is 5.68. The van der Waals surface area contributed by atoms with Crippen molar-refractivity contribution in [3.05, 3.63) is 108 Å². The Kier molecular flexibility index (Phi) is 6.53. The minimum absolute atomic E-state index is 0.184. The Morgan fingerprint density at radius 3 is 2.44 bits per heavy atom. The molecule has 180 valence electrons. The molecule has 0 aliphatic carbocycles. The van der Waals surface area contributed by atoms with Crippen LogP contribution in [0.4, 0.5) is 5.69 Å². The van der Waals surface area contributed by atoms with Crippen molar-refractivity contribution in [2.45, 2.75) is 6.54 Å². The number of furan rings is 1. The van der Waals surface area contributed by atoms with Gasteiger partial charge in [-0.3, -0.25) is 4.99 Å². The number of hydrogen-bond donors (Lipinski definition) is 0. The Labute approximate surface area is 208 Å². The first-order valence-electron chi connectivity index (χ1n) is 11.3. The summed E-state index contributed by atoms with van der Waals surface area (Å²) >= 11 is 0. The highest BCUT2D eigenvalue weighted by Crippen LogP contribution is 2.31. The molecule has 0 aliphatic rings. The summed E-state index contributed by atoms with van der Waals surface area (Å²) in [6.45, 7) is 0.473. The second kappa shape index (κ2) is 10.2. The van der Waals surface area contributed by atoms with Crippen molar-refractivity contribution >= 4 is 28.8 Å². The topological polar surface area (TPSA) is 75.2 Å². The number of aromatic nitrogens is 1. The lowest BCUT2D eigenvalue weighted by Crippen LogP contribution is -1.99. The molecular formula is C29H24N2O5. The van der Waals surface area contributed by atoms with Crippen LogP contribution in [0.15, 0.2) is 101 Å². The average Bonchev–Trinajstić information content (AvgIpc) is 3.53. The van der Waals surface area contributed by atoms with Gasteiger partial charge in [0.2, 0.25) is 5.76 Å². The second-order valence-corrected chi connectivity index (χ2v) is 7.99. The number of benzene rings is 3. The van der Waals surface area contributed by atoms with Crippen molar-refractivity contribution in [1.82, 2.24) is 4.57 Å². The van der Waals surface area contributed by atoms with Gasteiger partial charge >= 0.3 is 5.97 Å². The number of para-hydroxylation sites is 3. The summed E-state index contributed by atoms with van der Waals surface area (Å²) in [5.74, 6) is 2.37. The van der Waals surface area contributed by atoms with Gasteiger partial charge in [0.25, 0.3) is 0 Å². The summed E-state index contributed by atoms with van der Waals surface area (Å²) in [6.07, 6.45) is 3.87. The van der Waals surface area contributed by atoms with Crippen LogP contribution in [0.25, 0.3) is 10.9 Å². The van der Waals surface area contributed by atoms with Crippen molar-refractivity contribution < 1.29 is 23.4 Å². The third kappa shape index (κ3) is 4.86. The SMILES string of the molecule is COC(=O)c1ccc(Cn2cc(C=Nc3ccc(Oc4ccccc4OC)cc3)c3ccccc32)o1. The van der Waals surface area contributed by atoms with E-state index in [0.717, 1.165) is 22.2 Å². The lowest BCUT2D eigenvalue weighted by molar-refractivity contribution is 0.0563. The molecule has 0 unspecified atom stereocenters. The zero-order valence-electron chi connectivity index (χ0n) is 19.9. The van der Waals surface area contributed by atoms with Crippen LogP contribution in [0.3, 0.4) is 0 Å². The van der Waals surface area contributed by atoms with Gasteiger partial charge in [-0.2, -0.15) is 0 Å². The maximum atomic E-state index is 11.7. The van der Waals surface area contributed by atoms with E-state index in [9.17, 15) is 4.79 Å². The summed E-state index contributed by atoms with van der Waals surface area (Å²) in [5, 5.41) is 1.07. The van der Waals surface area contributed by atoms with Crippen LogP contribution in [0.1, 0.15) is 21.9 Å². The van der Waals surface area contributed by atoms with E-state index in [4.69, 9.17) is 18.6 Å². The molecule has 5 aromatic rings. The fourth-order valence-corrected chi connectivity index (χ4v) is 3.92. The lowest BCUT2D eigenvalue weighted by atomic mass is 10.2. The number of hydrogen-bond acceptors (Lipinski definition) is 6. The average molecular weight is 481 g/mol. The summed E-state index contributed by atoms with van der Waals surface area (Å²) < 4.78 is 23.7. The van der Waals surface area contributed by atoms with E-state index in [1.165, 1.54) is 7.11 Å². The Bertz CT molecular complexity index is 1530. The van der Waals surface area contributed by atoms with Gasteiger partial charge in [0.1, 0.15) is 11.5 Å². The monoisotopic (exact) mass is 480 g/mol. The van der Waals surface area contributed by atoms with E-state index < -0.39 is 5.97 Å². The maximum Gasteiger partial charge on any atom is 0.373 e. The van der Waals surface area contributed by atoms with Gasteiger partial charge in [0.05, 0.1) is 26.5 Å². The van der Waals surface area contributed by atoms with Gasteiger partial charge < -0.3 is 23.2 Å². The normalized spacial score (nSPS) is 11.2. The van der Waals surface area contributed by atoms with Crippen LogP contribution in [0, 0.1) is 0 Å². The summed E-state index contributed by atoms with van der Waals surface area (Å²) in [5.41, 5.74) is 2.81. The standard InChI is InChI=1S/C29H24N2O5/c1-33-26-9-5-6-10-27(26)35-22-13-11-21(12-14-22)30-17-20-18-31(25-8-4-3-7-24(20)25)19-23-15-16-28(36-23)29(32)34-2/h3-18H,19H2,1-2H3. The smallest absolute Gasteiger partial charge is 0.373 e. The van der Waals surface area contributed by atoms with Crippen LogP contribution in [-0.4, -0.2) is 31.0 Å². The van der Waals surface area contributed by atoms with Gasteiger partial charge in [-0.15, -0.1) is 0 Å². The third-order valence-electron chi connectivity index (χ3n) is 5.68. The zero-order valence-corrected chi connectivity index (χ0v) is 19.9. The number of nitrogens with zero attached hydrogens (tertiary/aromatic N) is 2. The molecule has 3 aromatic carbocycles. The van der Waals surface area contributed by atoms with Crippen molar-refractivity contribution in [3.63, 3.8) is 0 Å². The molecule has 0 atom stereocenters. The molecule has 2 aromatic heterocycles. The van der Waals surface area contributed by atoms with Gasteiger partial charge in [0.15, 0.2) is 11.5 Å². The molecule has 0 saturated carbocycles. The van der Waals surface area contributed by atoms with Crippen molar-refractivity contribution in [2.24, 2.45) is 4.99 Å². The molecule has 7 heteroatoms. The predicted octanol–water partition coefficient (Wildman–Crippen LogP) is 6.62. The van der Waals surface area contributed by atoms with Gasteiger partial charge in [-0.05, 0) is 54.6 Å². The van der Waals surface area contributed by atoms with Crippen LogP contribution in [0.2, 0.25) is 0 Å². The highest BCUT2D eigenvalue weighted by molar-refractivity contribution is 6.00. The van der Waals surface area contributed by atoms with E-state index in [1.54, 1.807) is 19.2 Å². The second-order valence-electron chi connectivity index (χ2n) is 7.99. The van der Waals surface area contributed by atoms with E-state index in [2.05, 4.69) is 15.6 Å². The van der Waals surface area contributed by atoms with E-state index in [-0.39, 0.29) is 5.76 Å². The predicted molar refractivity (Wildman–Crippen MR) is 138 cm³/mol. The molecule has 0 fully saturated rings. The van der Waals surface area contributed by atoms with E-state index in [0.29, 0.717) is 29.6 Å². The van der Waals surface area contributed by atoms with Crippen LogP contribution in [0.5, 0.6) is 17.2 Å². The number of carbonyl (C=O) groups excluding carboxylic acids is 1. The summed E-state index contributed by atoms with van der Waals surface area (Å²) in [7, 11) is 2.95. The molecule has 0 radical (unpaired) electrons. The van der Waals surface area contributed by atoms with Crippen molar-refractivity contribution in [1.29, 1.82) is 0 Å². The molecular weight excluding hydrogens is 456 g/mol. The summed E-state index contributed by atoms with van der Waals surface area (Å²) in [6, 6.07) is 26.5. The van der Waals surface area contributed by atoms with E-state index >= 15 is 0 Å². The molecule has 0 aliphatic heterocycles. The maximum absolute atomic E-state index is 11.7. The lowest BCUT2D eigenvalue weighted by Gasteiger charge is -2.09. The number of fused-ring (bicyclic) bond motifs is 1. The molecule has 36 heavy (non-hydrogen) atoms. The fraction of sp³-hybridized carbons (Fsp3) is 0.103. The number of esters is 1. The number of rotatable bonds is 8. The fourth-order valence-electron chi connectivity index (χ4n) is 3.92. The highest BCUT2D eigenvalue weighted by atomic mass is 16.5. The Morgan fingerprint density at radius 2 is 1.67 bits per heavy atom.